The number of amides is 1. The van der Waals surface area contributed by atoms with E-state index in [1.807, 2.05) is 13.8 Å². The first-order chi connectivity index (χ1) is 13.0. The number of carbonyl (C=O) groups excluding carboxylic acids is 2. The third-order valence-corrected chi connectivity index (χ3v) is 5.77. The van der Waals surface area contributed by atoms with Gasteiger partial charge in [0.25, 0.3) is 0 Å². The molecule has 0 aliphatic rings. The van der Waals surface area contributed by atoms with Crippen LogP contribution in [0.25, 0.3) is 0 Å². The average molecular weight is 466 g/mol. The van der Waals surface area contributed by atoms with Gasteiger partial charge in [-0.25, -0.2) is 8.42 Å². The number of nitrogens with one attached hydrogen (secondary N) is 1. The van der Waals surface area contributed by atoms with Crippen molar-refractivity contribution in [3.8, 4) is 0 Å². The second-order valence-electron chi connectivity index (χ2n) is 6.87. The quantitative estimate of drug-likeness (QED) is 0.0903. The summed E-state index contributed by atoms with van der Waals surface area (Å²) < 4.78 is 46.9. The van der Waals surface area contributed by atoms with Gasteiger partial charge in [0.05, 0.1) is 34.5 Å². The normalized spacial score (nSPS) is 12.7. The first-order valence-electron chi connectivity index (χ1n) is 9.11. The van der Waals surface area contributed by atoms with Crippen molar-refractivity contribution in [1.29, 1.82) is 0 Å². The Morgan fingerprint density at radius 2 is 1.79 bits per heavy atom. The fraction of sp³-hybridized carbons (Fsp3) is 0.882. The summed E-state index contributed by atoms with van der Waals surface area (Å²) in [6.45, 7) is 8.12. The summed E-state index contributed by atoms with van der Waals surface area (Å²) in [6, 6.07) is 0. The Hall–Kier alpha value is 0.120. The van der Waals surface area contributed by atoms with E-state index in [0.29, 0.717) is 31.3 Å². The van der Waals surface area contributed by atoms with Gasteiger partial charge in [-0.05, 0) is 20.3 Å². The number of carbonyl (C=O) groups is 2. The maximum atomic E-state index is 11.9. The second-order valence-corrected chi connectivity index (χ2v) is 9.50. The molecule has 0 saturated heterocycles. The Kier molecular flexibility index (Phi) is 18.1. The van der Waals surface area contributed by atoms with Gasteiger partial charge in [0.1, 0.15) is 13.4 Å². The zero-order valence-electron chi connectivity index (χ0n) is 18.0. The third kappa shape index (κ3) is 17.5. The van der Waals surface area contributed by atoms with Gasteiger partial charge in [-0.1, -0.05) is 13.8 Å². The molecule has 0 bridgehead atoms. The number of esters is 1. The summed E-state index contributed by atoms with van der Waals surface area (Å²) in [5.41, 5.74) is -0.804. The SMILES string of the molecule is CCC(C)C(=O)NCCOCOCCSCC(C)(C)C(=O)OCCS(=O)(=O)[O-].[Na+]. The molecule has 9 nitrogen and oxygen atoms in total. The molecule has 29 heavy (non-hydrogen) atoms. The molecule has 1 N–H and O–H groups in total. The predicted molar refractivity (Wildman–Crippen MR) is 106 cm³/mol. The molecule has 0 saturated carbocycles. The first kappa shape index (κ1) is 31.3. The molecular weight excluding hydrogens is 433 g/mol. The van der Waals surface area contributed by atoms with Gasteiger partial charge in [-0.3, -0.25) is 9.59 Å². The first-order valence-corrected chi connectivity index (χ1v) is 11.8. The van der Waals surface area contributed by atoms with Crippen molar-refractivity contribution in [2.24, 2.45) is 11.3 Å². The van der Waals surface area contributed by atoms with E-state index in [9.17, 15) is 22.6 Å². The molecule has 0 heterocycles. The molecule has 0 spiro atoms. The second kappa shape index (κ2) is 16.8. The minimum Gasteiger partial charge on any atom is -0.748 e. The van der Waals surface area contributed by atoms with Crippen LogP contribution in [0.3, 0.4) is 0 Å². The largest absolute Gasteiger partial charge is 1.00 e. The van der Waals surface area contributed by atoms with Gasteiger partial charge in [-0.2, -0.15) is 11.8 Å². The van der Waals surface area contributed by atoms with Crippen LogP contribution in [-0.4, -0.2) is 75.3 Å². The number of ether oxygens (including phenoxy) is 3. The molecule has 0 rings (SSSR count). The zero-order chi connectivity index (χ0) is 21.6. The molecule has 0 aromatic rings. The predicted octanol–water partition coefficient (Wildman–Crippen LogP) is -2.01. The van der Waals surface area contributed by atoms with Crippen molar-refractivity contribution in [2.75, 3.05) is 50.4 Å². The van der Waals surface area contributed by atoms with E-state index in [1.54, 1.807) is 13.8 Å². The van der Waals surface area contributed by atoms with Gasteiger partial charge >= 0.3 is 35.5 Å². The van der Waals surface area contributed by atoms with Crippen LogP contribution < -0.4 is 34.9 Å². The van der Waals surface area contributed by atoms with Crippen LogP contribution in [0.5, 0.6) is 0 Å². The summed E-state index contributed by atoms with van der Waals surface area (Å²) in [5.74, 6) is -0.167. The molecular formula is C17H32NNaO8S2. The van der Waals surface area contributed by atoms with Crippen molar-refractivity contribution in [1.82, 2.24) is 5.32 Å². The van der Waals surface area contributed by atoms with E-state index in [4.69, 9.17) is 14.2 Å². The number of rotatable bonds is 16. The van der Waals surface area contributed by atoms with Gasteiger partial charge in [-0.15, -0.1) is 0 Å². The minimum atomic E-state index is -4.39. The zero-order valence-corrected chi connectivity index (χ0v) is 21.7. The number of hydrogen-bond acceptors (Lipinski definition) is 9. The topological polar surface area (TPSA) is 131 Å². The van der Waals surface area contributed by atoms with E-state index in [-0.39, 0.29) is 48.2 Å². The molecule has 1 atom stereocenters. The van der Waals surface area contributed by atoms with Gasteiger partial charge in [0, 0.05) is 24.0 Å². The summed E-state index contributed by atoms with van der Waals surface area (Å²) in [5, 5.41) is 2.78. The van der Waals surface area contributed by atoms with E-state index < -0.39 is 33.9 Å². The maximum absolute atomic E-state index is 11.9. The van der Waals surface area contributed by atoms with Crippen LogP contribution in [0.4, 0.5) is 0 Å². The summed E-state index contributed by atoms with van der Waals surface area (Å²) in [7, 11) is -4.39. The van der Waals surface area contributed by atoms with Gasteiger partial charge < -0.3 is 24.1 Å². The molecule has 0 fully saturated rings. The molecule has 166 valence electrons. The Bertz CT molecular complexity index is 572. The molecule has 1 unspecified atom stereocenters. The Balaban J connectivity index is 0. The fourth-order valence-electron chi connectivity index (χ4n) is 1.72. The van der Waals surface area contributed by atoms with Crippen LogP contribution in [-0.2, 0) is 33.9 Å². The molecule has 0 aromatic heterocycles. The molecule has 0 aliphatic carbocycles. The van der Waals surface area contributed by atoms with E-state index in [1.165, 1.54) is 11.8 Å². The average Bonchev–Trinajstić information content (AvgIpc) is 2.60. The Morgan fingerprint density at radius 3 is 2.38 bits per heavy atom. The monoisotopic (exact) mass is 465 g/mol. The molecule has 0 aromatic carbocycles. The third-order valence-electron chi connectivity index (χ3n) is 3.73. The smallest absolute Gasteiger partial charge is 0.748 e. The molecule has 1 amide bonds. The van der Waals surface area contributed by atoms with E-state index in [0.717, 1.165) is 6.42 Å². The molecule has 0 aliphatic heterocycles. The Labute approximate surface area is 200 Å². The van der Waals surface area contributed by atoms with Crippen molar-refractivity contribution >= 4 is 33.8 Å². The fourth-order valence-corrected chi connectivity index (χ4v) is 3.01. The van der Waals surface area contributed by atoms with Crippen LogP contribution in [0, 0.1) is 11.3 Å². The van der Waals surface area contributed by atoms with Crippen LogP contribution in [0.2, 0.25) is 0 Å². The van der Waals surface area contributed by atoms with Crippen LogP contribution >= 0.6 is 11.8 Å². The van der Waals surface area contributed by atoms with E-state index in [2.05, 4.69) is 5.32 Å². The number of thioether (sulfide) groups is 1. The number of hydrogen-bond donors (Lipinski definition) is 1. The molecule has 12 heteroatoms. The van der Waals surface area contributed by atoms with Gasteiger partial charge in [0.15, 0.2) is 0 Å². The van der Waals surface area contributed by atoms with Crippen molar-refractivity contribution < 1.29 is 66.3 Å². The van der Waals surface area contributed by atoms with E-state index >= 15 is 0 Å². The molecule has 0 radical (unpaired) electrons. The maximum Gasteiger partial charge on any atom is 1.00 e. The van der Waals surface area contributed by atoms with Crippen LogP contribution in [0.15, 0.2) is 0 Å². The minimum absolute atomic E-state index is 0. The Morgan fingerprint density at radius 1 is 1.17 bits per heavy atom. The van der Waals surface area contributed by atoms with Crippen molar-refractivity contribution in [2.45, 2.75) is 34.1 Å². The summed E-state index contributed by atoms with van der Waals surface area (Å²) in [6.07, 6.45) is 0.796. The standard InChI is InChI=1S/C17H33NO8S2.Na/c1-5-14(2)15(19)18-6-7-24-13-25-8-10-27-12-17(3,4)16(20)26-9-11-28(21,22)23;/h14H,5-13H2,1-4H3,(H,18,19)(H,21,22,23);/q;+1/p-1. The van der Waals surface area contributed by atoms with Crippen LogP contribution in [0.1, 0.15) is 34.1 Å². The van der Waals surface area contributed by atoms with Crippen molar-refractivity contribution in [3.63, 3.8) is 0 Å². The van der Waals surface area contributed by atoms with Gasteiger partial charge in [0.2, 0.25) is 5.91 Å². The van der Waals surface area contributed by atoms with Crippen molar-refractivity contribution in [3.05, 3.63) is 0 Å². The summed E-state index contributed by atoms with van der Waals surface area (Å²) in [4.78, 5) is 23.5. The summed E-state index contributed by atoms with van der Waals surface area (Å²) >= 11 is 1.49.